The summed E-state index contributed by atoms with van der Waals surface area (Å²) in [5, 5.41) is 15.0. The Morgan fingerprint density at radius 3 is 2.11 bits per heavy atom. The van der Waals surface area contributed by atoms with E-state index in [0.29, 0.717) is 5.02 Å². The number of nitrogens with two attached hydrogens (primary N) is 1. The largest absolute Gasteiger partial charge is 0.480 e. The first-order chi connectivity index (χ1) is 12.5. The summed E-state index contributed by atoms with van der Waals surface area (Å²) in [5.74, 6) is -2.29. The Morgan fingerprint density at radius 1 is 1.14 bits per heavy atom. The summed E-state index contributed by atoms with van der Waals surface area (Å²) in [6.45, 7) is 7.17. The number of carbonyl (C=O) groups is 3. The van der Waals surface area contributed by atoms with Gasteiger partial charge in [0, 0.05) is 5.02 Å². The zero-order valence-electron chi connectivity index (χ0n) is 16.5. The minimum absolute atomic E-state index is 0. The molecule has 158 valence electrons. The SMILES string of the molecule is CC(C)[C@H](NC(=O)C(C)(C)c1ccc(Cl)cc1)C(=O)N[C@H](CCN)C(=O)O.Cl. The fourth-order valence-corrected chi connectivity index (χ4v) is 2.67. The van der Waals surface area contributed by atoms with E-state index in [1.54, 1.807) is 52.0 Å². The average molecular weight is 434 g/mol. The van der Waals surface area contributed by atoms with E-state index in [-0.39, 0.29) is 37.2 Å². The van der Waals surface area contributed by atoms with E-state index in [9.17, 15) is 19.5 Å². The molecule has 9 heteroatoms. The molecule has 1 rings (SSSR count). The van der Waals surface area contributed by atoms with Crippen molar-refractivity contribution in [3.8, 4) is 0 Å². The number of rotatable bonds is 9. The summed E-state index contributed by atoms with van der Waals surface area (Å²) in [6, 6.07) is 4.95. The van der Waals surface area contributed by atoms with Crippen LogP contribution in [-0.2, 0) is 19.8 Å². The molecule has 0 aliphatic rings. The number of benzene rings is 1. The summed E-state index contributed by atoms with van der Waals surface area (Å²) >= 11 is 5.90. The first-order valence-electron chi connectivity index (χ1n) is 8.81. The maximum atomic E-state index is 12.9. The van der Waals surface area contributed by atoms with Crippen LogP contribution in [0.25, 0.3) is 0 Å². The standard InChI is InChI=1S/C19H28ClN3O4.ClH/c1-11(2)15(16(24)22-14(9-10-21)17(25)26)23-18(27)19(3,4)12-5-7-13(20)8-6-12;/h5-8,11,14-15H,9-10,21H2,1-4H3,(H,22,24)(H,23,27)(H,25,26);1H/t14-,15+;/m1./s1. The molecule has 28 heavy (non-hydrogen) atoms. The van der Waals surface area contributed by atoms with Gasteiger partial charge in [-0.25, -0.2) is 4.79 Å². The molecule has 0 saturated heterocycles. The molecule has 0 heterocycles. The summed E-state index contributed by atoms with van der Waals surface area (Å²) in [5.41, 5.74) is 5.25. The summed E-state index contributed by atoms with van der Waals surface area (Å²) < 4.78 is 0. The van der Waals surface area contributed by atoms with Gasteiger partial charge in [0.2, 0.25) is 11.8 Å². The lowest BCUT2D eigenvalue weighted by Crippen LogP contribution is -2.56. The topological polar surface area (TPSA) is 122 Å². The van der Waals surface area contributed by atoms with Gasteiger partial charge in [0.15, 0.2) is 0 Å². The Balaban J connectivity index is 0.00000729. The Bertz CT molecular complexity index is 678. The van der Waals surface area contributed by atoms with Gasteiger partial charge < -0.3 is 21.5 Å². The minimum Gasteiger partial charge on any atom is -0.480 e. The molecule has 0 saturated carbocycles. The van der Waals surface area contributed by atoms with E-state index in [1.165, 1.54) is 0 Å². The molecule has 0 bridgehead atoms. The van der Waals surface area contributed by atoms with Crippen LogP contribution in [0.4, 0.5) is 0 Å². The van der Waals surface area contributed by atoms with Crippen LogP contribution in [0.3, 0.4) is 0 Å². The average Bonchev–Trinajstić information content (AvgIpc) is 2.58. The number of nitrogens with one attached hydrogen (secondary N) is 2. The van der Waals surface area contributed by atoms with E-state index >= 15 is 0 Å². The van der Waals surface area contributed by atoms with E-state index < -0.39 is 29.4 Å². The third-order valence-electron chi connectivity index (χ3n) is 4.44. The highest BCUT2D eigenvalue weighted by atomic mass is 35.5. The highest BCUT2D eigenvalue weighted by molar-refractivity contribution is 6.30. The summed E-state index contributed by atoms with van der Waals surface area (Å²) in [6.07, 6.45) is 0.107. The minimum atomic E-state index is -1.16. The number of hydrogen-bond donors (Lipinski definition) is 4. The molecular formula is C19H29Cl2N3O4. The number of hydrogen-bond acceptors (Lipinski definition) is 4. The van der Waals surface area contributed by atoms with Gasteiger partial charge in [-0.05, 0) is 50.4 Å². The van der Waals surface area contributed by atoms with Gasteiger partial charge in [0.05, 0.1) is 5.41 Å². The van der Waals surface area contributed by atoms with Crippen molar-refractivity contribution in [1.29, 1.82) is 0 Å². The molecule has 5 N–H and O–H groups in total. The molecule has 1 aromatic carbocycles. The van der Waals surface area contributed by atoms with Crippen LogP contribution in [0, 0.1) is 5.92 Å². The first kappa shape index (κ1) is 26.2. The van der Waals surface area contributed by atoms with Gasteiger partial charge in [-0.2, -0.15) is 0 Å². The Morgan fingerprint density at radius 2 is 1.68 bits per heavy atom. The second-order valence-electron chi connectivity index (χ2n) is 7.30. The Kier molecular flexibility index (Phi) is 10.5. The predicted octanol–water partition coefficient (Wildman–Crippen LogP) is 2.10. The van der Waals surface area contributed by atoms with Crippen LogP contribution in [0.1, 0.15) is 39.7 Å². The molecular weight excluding hydrogens is 405 g/mol. The van der Waals surface area contributed by atoms with Crippen LogP contribution in [0.2, 0.25) is 5.02 Å². The first-order valence-corrected chi connectivity index (χ1v) is 9.18. The highest BCUT2D eigenvalue weighted by Crippen LogP contribution is 2.25. The summed E-state index contributed by atoms with van der Waals surface area (Å²) in [4.78, 5) is 36.7. The van der Waals surface area contributed by atoms with Crippen LogP contribution in [-0.4, -0.2) is 41.5 Å². The molecule has 0 radical (unpaired) electrons. The van der Waals surface area contributed by atoms with Crippen molar-refractivity contribution < 1.29 is 19.5 Å². The Labute approximate surface area is 176 Å². The molecule has 0 spiro atoms. The number of amides is 2. The van der Waals surface area contributed by atoms with Gasteiger partial charge in [-0.1, -0.05) is 37.6 Å². The van der Waals surface area contributed by atoms with E-state index in [2.05, 4.69) is 10.6 Å². The summed E-state index contributed by atoms with van der Waals surface area (Å²) in [7, 11) is 0. The van der Waals surface area contributed by atoms with Gasteiger partial charge >= 0.3 is 5.97 Å². The van der Waals surface area contributed by atoms with Crippen molar-refractivity contribution >= 4 is 41.8 Å². The molecule has 0 aliphatic heterocycles. The number of carboxylic acids is 1. The van der Waals surface area contributed by atoms with E-state index in [0.717, 1.165) is 5.56 Å². The number of carboxylic acid groups (broad SMARTS) is 1. The molecule has 0 unspecified atom stereocenters. The number of aliphatic carboxylic acids is 1. The predicted molar refractivity (Wildman–Crippen MR) is 112 cm³/mol. The third-order valence-corrected chi connectivity index (χ3v) is 4.69. The van der Waals surface area contributed by atoms with Gasteiger partial charge in [-0.15, -0.1) is 12.4 Å². The van der Waals surface area contributed by atoms with Crippen molar-refractivity contribution in [2.75, 3.05) is 6.54 Å². The number of halogens is 2. The lowest BCUT2D eigenvalue weighted by Gasteiger charge is -2.29. The van der Waals surface area contributed by atoms with Gasteiger partial charge in [0.25, 0.3) is 0 Å². The van der Waals surface area contributed by atoms with Crippen molar-refractivity contribution in [2.45, 2.75) is 51.6 Å². The van der Waals surface area contributed by atoms with Crippen LogP contribution in [0.5, 0.6) is 0 Å². The second kappa shape index (κ2) is 11.2. The third kappa shape index (κ3) is 6.96. The molecule has 7 nitrogen and oxygen atoms in total. The van der Waals surface area contributed by atoms with Crippen LogP contribution in [0.15, 0.2) is 24.3 Å². The smallest absolute Gasteiger partial charge is 0.326 e. The molecule has 1 aromatic rings. The van der Waals surface area contributed by atoms with Crippen molar-refractivity contribution in [1.82, 2.24) is 10.6 Å². The van der Waals surface area contributed by atoms with E-state index in [1.807, 2.05) is 0 Å². The maximum Gasteiger partial charge on any atom is 0.326 e. The van der Waals surface area contributed by atoms with Crippen molar-refractivity contribution in [3.63, 3.8) is 0 Å². The second-order valence-corrected chi connectivity index (χ2v) is 7.74. The van der Waals surface area contributed by atoms with Gasteiger partial charge in [-0.3, -0.25) is 9.59 Å². The Hall–Kier alpha value is -1.83. The lowest BCUT2D eigenvalue weighted by atomic mass is 9.83. The zero-order chi connectivity index (χ0) is 20.8. The fourth-order valence-electron chi connectivity index (χ4n) is 2.54. The van der Waals surface area contributed by atoms with Crippen molar-refractivity contribution in [2.24, 2.45) is 11.7 Å². The molecule has 2 amide bonds. The molecule has 0 aliphatic carbocycles. The lowest BCUT2D eigenvalue weighted by molar-refractivity contribution is -0.142. The molecule has 0 aromatic heterocycles. The van der Waals surface area contributed by atoms with E-state index in [4.69, 9.17) is 17.3 Å². The highest BCUT2D eigenvalue weighted by Gasteiger charge is 2.35. The maximum absolute atomic E-state index is 12.9. The van der Waals surface area contributed by atoms with Gasteiger partial charge in [0.1, 0.15) is 12.1 Å². The number of carbonyl (C=O) groups excluding carboxylic acids is 2. The normalized spacial score (nSPS) is 13.2. The van der Waals surface area contributed by atoms with Crippen LogP contribution < -0.4 is 16.4 Å². The monoisotopic (exact) mass is 433 g/mol. The van der Waals surface area contributed by atoms with Crippen LogP contribution >= 0.6 is 24.0 Å². The van der Waals surface area contributed by atoms with Crippen molar-refractivity contribution in [3.05, 3.63) is 34.9 Å². The zero-order valence-corrected chi connectivity index (χ0v) is 18.1. The molecule has 2 atom stereocenters. The quantitative estimate of drug-likeness (QED) is 0.474. The fraction of sp³-hybridized carbons (Fsp3) is 0.526. The molecule has 0 fully saturated rings.